The first-order valence-electron chi connectivity index (χ1n) is 6.30. The number of carboxylic acid groups (broad SMARTS) is 1. The van der Waals surface area contributed by atoms with Gasteiger partial charge in [0, 0.05) is 5.56 Å². The SMILES string of the molecule is CC(C)=CCOc1cccc(C(=O)NC(C)C(=O)O)c1. The number of hydrogen-bond donors (Lipinski definition) is 2. The van der Waals surface area contributed by atoms with Crippen molar-refractivity contribution in [3.8, 4) is 5.75 Å². The Bertz CT molecular complexity index is 518. The summed E-state index contributed by atoms with van der Waals surface area (Å²) in [6.45, 7) is 5.79. The Morgan fingerprint density at radius 2 is 2.10 bits per heavy atom. The number of allylic oxidation sites excluding steroid dienone is 1. The predicted octanol–water partition coefficient (Wildman–Crippen LogP) is 2.23. The summed E-state index contributed by atoms with van der Waals surface area (Å²) in [4.78, 5) is 22.5. The third-order valence-corrected chi connectivity index (χ3v) is 2.56. The first-order valence-corrected chi connectivity index (χ1v) is 6.30. The van der Waals surface area contributed by atoms with E-state index in [1.54, 1.807) is 24.3 Å². The van der Waals surface area contributed by atoms with Crippen molar-refractivity contribution >= 4 is 11.9 Å². The summed E-state index contributed by atoms with van der Waals surface area (Å²) >= 11 is 0. The fourth-order valence-electron chi connectivity index (χ4n) is 1.37. The van der Waals surface area contributed by atoms with Gasteiger partial charge in [0.05, 0.1) is 0 Å². The van der Waals surface area contributed by atoms with Crippen LogP contribution < -0.4 is 10.1 Å². The smallest absolute Gasteiger partial charge is 0.325 e. The molecule has 1 atom stereocenters. The Balaban J connectivity index is 2.69. The van der Waals surface area contributed by atoms with E-state index in [0.29, 0.717) is 17.9 Å². The molecule has 0 aliphatic heterocycles. The van der Waals surface area contributed by atoms with Crippen molar-refractivity contribution < 1.29 is 19.4 Å². The third kappa shape index (κ3) is 5.14. The molecule has 0 heterocycles. The van der Waals surface area contributed by atoms with Gasteiger partial charge in [0.25, 0.3) is 5.91 Å². The van der Waals surface area contributed by atoms with E-state index in [1.807, 2.05) is 19.9 Å². The maximum Gasteiger partial charge on any atom is 0.325 e. The van der Waals surface area contributed by atoms with E-state index in [9.17, 15) is 9.59 Å². The number of rotatable bonds is 6. The lowest BCUT2D eigenvalue weighted by molar-refractivity contribution is -0.138. The van der Waals surface area contributed by atoms with Crippen LogP contribution in [0.25, 0.3) is 0 Å². The number of amides is 1. The lowest BCUT2D eigenvalue weighted by atomic mass is 10.2. The summed E-state index contributed by atoms with van der Waals surface area (Å²) in [5, 5.41) is 11.1. The maximum atomic E-state index is 11.9. The summed E-state index contributed by atoms with van der Waals surface area (Å²) in [5.74, 6) is -0.944. The molecule has 2 N–H and O–H groups in total. The second-order valence-corrected chi connectivity index (χ2v) is 4.65. The largest absolute Gasteiger partial charge is 0.490 e. The van der Waals surface area contributed by atoms with Gasteiger partial charge in [-0.1, -0.05) is 11.6 Å². The molecule has 0 bridgehead atoms. The topological polar surface area (TPSA) is 75.6 Å². The van der Waals surface area contributed by atoms with Gasteiger partial charge in [0.1, 0.15) is 18.4 Å². The van der Waals surface area contributed by atoms with Gasteiger partial charge in [-0.15, -0.1) is 0 Å². The minimum absolute atomic E-state index is 0.368. The van der Waals surface area contributed by atoms with Crippen molar-refractivity contribution in [2.24, 2.45) is 0 Å². The first-order chi connectivity index (χ1) is 9.40. The quantitative estimate of drug-likeness (QED) is 0.782. The van der Waals surface area contributed by atoms with Crippen LogP contribution in [0.3, 0.4) is 0 Å². The van der Waals surface area contributed by atoms with E-state index >= 15 is 0 Å². The van der Waals surface area contributed by atoms with Crippen LogP contribution in [0.5, 0.6) is 5.75 Å². The van der Waals surface area contributed by atoms with E-state index in [-0.39, 0.29) is 0 Å². The summed E-state index contributed by atoms with van der Waals surface area (Å²) in [7, 11) is 0. The van der Waals surface area contributed by atoms with Crippen molar-refractivity contribution in [3.05, 3.63) is 41.5 Å². The second kappa shape index (κ2) is 7.33. The van der Waals surface area contributed by atoms with E-state index in [4.69, 9.17) is 9.84 Å². The molecule has 0 fully saturated rings. The zero-order valence-electron chi connectivity index (χ0n) is 11.8. The van der Waals surface area contributed by atoms with Crippen LogP contribution in [0.15, 0.2) is 35.9 Å². The van der Waals surface area contributed by atoms with Gasteiger partial charge >= 0.3 is 5.97 Å². The molecule has 1 rings (SSSR count). The standard InChI is InChI=1S/C15H19NO4/c1-10(2)7-8-20-13-6-4-5-12(9-13)14(17)16-11(3)15(18)19/h4-7,9,11H,8H2,1-3H3,(H,16,17)(H,18,19). The zero-order valence-corrected chi connectivity index (χ0v) is 11.8. The Morgan fingerprint density at radius 1 is 1.40 bits per heavy atom. The number of hydrogen-bond acceptors (Lipinski definition) is 3. The second-order valence-electron chi connectivity index (χ2n) is 4.65. The Kier molecular flexibility index (Phi) is 5.77. The van der Waals surface area contributed by atoms with Gasteiger partial charge in [-0.05, 0) is 45.0 Å². The number of carbonyl (C=O) groups excluding carboxylic acids is 1. The highest BCUT2D eigenvalue weighted by Gasteiger charge is 2.15. The molecule has 1 aromatic rings. The summed E-state index contributed by atoms with van der Waals surface area (Å²) < 4.78 is 5.49. The normalized spacial score (nSPS) is 11.3. The van der Waals surface area contributed by atoms with Gasteiger partial charge < -0.3 is 15.2 Å². The highest BCUT2D eigenvalue weighted by Crippen LogP contribution is 2.13. The van der Waals surface area contributed by atoms with Crippen LogP contribution in [0.2, 0.25) is 0 Å². The minimum Gasteiger partial charge on any atom is -0.490 e. The van der Waals surface area contributed by atoms with Gasteiger partial charge in [0.2, 0.25) is 0 Å². The Morgan fingerprint density at radius 3 is 2.70 bits per heavy atom. The summed E-state index contributed by atoms with van der Waals surface area (Å²) in [5.41, 5.74) is 1.52. The number of benzene rings is 1. The van der Waals surface area contributed by atoms with Gasteiger partial charge in [-0.2, -0.15) is 0 Å². The molecule has 20 heavy (non-hydrogen) atoms. The first kappa shape index (κ1) is 15.8. The van der Waals surface area contributed by atoms with Crippen molar-refractivity contribution in [3.63, 3.8) is 0 Å². The molecular formula is C15H19NO4. The number of nitrogens with one attached hydrogen (secondary N) is 1. The molecule has 0 aromatic heterocycles. The molecule has 0 saturated heterocycles. The molecule has 1 unspecified atom stereocenters. The molecule has 0 saturated carbocycles. The lowest BCUT2D eigenvalue weighted by Crippen LogP contribution is -2.38. The van der Waals surface area contributed by atoms with E-state index in [2.05, 4.69) is 5.32 Å². The highest BCUT2D eigenvalue weighted by molar-refractivity contribution is 5.96. The highest BCUT2D eigenvalue weighted by atomic mass is 16.5. The average molecular weight is 277 g/mol. The predicted molar refractivity (Wildman–Crippen MR) is 75.9 cm³/mol. The Labute approximate surface area is 118 Å². The molecule has 0 aliphatic rings. The summed E-state index contributed by atoms with van der Waals surface area (Å²) in [6.07, 6.45) is 1.93. The van der Waals surface area contributed by atoms with Crippen LogP contribution in [0, 0.1) is 0 Å². The van der Waals surface area contributed by atoms with Crippen molar-refractivity contribution in [2.75, 3.05) is 6.61 Å². The summed E-state index contributed by atoms with van der Waals surface area (Å²) in [6, 6.07) is 5.70. The molecule has 108 valence electrons. The monoisotopic (exact) mass is 277 g/mol. The molecule has 1 aromatic carbocycles. The van der Waals surface area contributed by atoms with E-state index < -0.39 is 17.9 Å². The van der Waals surface area contributed by atoms with Crippen LogP contribution in [-0.2, 0) is 4.79 Å². The molecule has 5 nitrogen and oxygen atoms in total. The fraction of sp³-hybridized carbons (Fsp3) is 0.333. The zero-order chi connectivity index (χ0) is 15.1. The van der Waals surface area contributed by atoms with Gasteiger partial charge in [0.15, 0.2) is 0 Å². The molecule has 1 amide bonds. The van der Waals surface area contributed by atoms with Crippen LogP contribution in [0.1, 0.15) is 31.1 Å². The third-order valence-electron chi connectivity index (χ3n) is 2.56. The number of carbonyl (C=O) groups is 2. The van der Waals surface area contributed by atoms with Crippen molar-refractivity contribution in [1.82, 2.24) is 5.32 Å². The number of aliphatic carboxylic acids is 1. The lowest BCUT2D eigenvalue weighted by Gasteiger charge is -2.10. The number of carboxylic acids is 1. The Hall–Kier alpha value is -2.30. The van der Waals surface area contributed by atoms with Crippen LogP contribution >= 0.6 is 0 Å². The van der Waals surface area contributed by atoms with Crippen molar-refractivity contribution in [1.29, 1.82) is 0 Å². The van der Waals surface area contributed by atoms with Crippen LogP contribution in [0.4, 0.5) is 0 Å². The minimum atomic E-state index is -1.07. The van der Waals surface area contributed by atoms with Crippen molar-refractivity contribution in [2.45, 2.75) is 26.8 Å². The molecule has 0 aliphatic carbocycles. The molecular weight excluding hydrogens is 258 g/mol. The van der Waals surface area contributed by atoms with E-state index in [1.165, 1.54) is 6.92 Å². The molecule has 0 radical (unpaired) electrons. The average Bonchev–Trinajstić information content (AvgIpc) is 2.38. The number of ether oxygens (including phenoxy) is 1. The molecule has 0 spiro atoms. The fourth-order valence-corrected chi connectivity index (χ4v) is 1.37. The van der Waals surface area contributed by atoms with Gasteiger partial charge in [-0.25, -0.2) is 0 Å². The maximum absolute atomic E-state index is 11.9. The van der Waals surface area contributed by atoms with Crippen LogP contribution in [-0.4, -0.2) is 29.6 Å². The molecule has 5 heteroatoms. The van der Waals surface area contributed by atoms with E-state index in [0.717, 1.165) is 5.57 Å². The van der Waals surface area contributed by atoms with Gasteiger partial charge in [-0.3, -0.25) is 9.59 Å².